The molecule has 3 rings (SSSR count). The van der Waals surface area contributed by atoms with E-state index in [1.165, 1.54) is 12.1 Å². The van der Waals surface area contributed by atoms with Gasteiger partial charge in [-0.25, -0.2) is 4.79 Å². The smallest absolute Gasteiger partial charge is 0.335 e. The second-order valence-corrected chi connectivity index (χ2v) is 5.98. The summed E-state index contributed by atoms with van der Waals surface area (Å²) < 4.78 is 0. The fourth-order valence-corrected chi connectivity index (χ4v) is 3.05. The maximum absolute atomic E-state index is 12.4. The van der Waals surface area contributed by atoms with Crippen molar-refractivity contribution in [3.63, 3.8) is 0 Å². The first-order chi connectivity index (χ1) is 11.5. The van der Waals surface area contributed by atoms with Crippen LogP contribution < -0.4 is 5.32 Å². The third kappa shape index (κ3) is 3.20. The molecule has 6 heteroatoms. The van der Waals surface area contributed by atoms with E-state index >= 15 is 0 Å². The van der Waals surface area contributed by atoms with E-state index in [1.54, 1.807) is 42.5 Å². The van der Waals surface area contributed by atoms with Crippen LogP contribution in [-0.2, 0) is 0 Å². The van der Waals surface area contributed by atoms with E-state index in [4.69, 9.17) is 23.2 Å². The monoisotopic (exact) mass is 359 g/mol. The summed E-state index contributed by atoms with van der Waals surface area (Å²) in [5.41, 5.74) is 0.807. The minimum atomic E-state index is -1.11. The zero-order valence-electron chi connectivity index (χ0n) is 12.2. The third-order valence-electron chi connectivity index (χ3n) is 3.50. The standard InChI is InChI=1S/C18H11Cl2NO3/c19-13-7-11-6-12(18(23)24)8-15(16(11)14(20)9-13)21-17(22)10-4-2-1-3-5-10/h1-9H,(H,21,22)(H,23,24). The Kier molecular flexibility index (Phi) is 4.42. The highest BCUT2D eigenvalue weighted by Gasteiger charge is 2.15. The van der Waals surface area contributed by atoms with E-state index in [-0.39, 0.29) is 11.5 Å². The SMILES string of the molecule is O=C(O)c1cc(NC(=O)c2ccccc2)c2c(Cl)cc(Cl)cc2c1. The lowest BCUT2D eigenvalue weighted by atomic mass is 10.0. The summed E-state index contributed by atoms with van der Waals surface area (Å²) in [7, 11) is 0. The van der Waals surface area contributed by atoms with Crippen molar-refractivity contribution in [3.05, 3.63) is 75.8 Å². The summed E-state index contributed by atoms with van der Waals surface area (Å²) in [4.78, 5) is 23.7. The molecule has 4 nitrogen and oxygen atoms in total. The molecule has 0 radical (unpaired) electrons. The van der Waals surface area contributed by atoms with Crippen molar-refractivity contribution in [1.29, 1.82) is 0 Å². The molecule has 0 spiro atoms. The minimum absolute atomic E-state index is 0.0317. The first-order valence-electron chi connectivity index (χ1n) is 6.98. The number of benzene rings is 3. The molecule has 0 bridgehead atoms. The molecule has 0 atom stereocenters. The van der Waals surface area contributed by atoms with Gasteiger partial charge in [-0.1, -0.05) is 41.4 Å². The summed E-state index contributed by atoms with van der Waals surface area (Å²) in [5, 5.41) is 13.8. The predicted molar refractivity (Wildman–Crippen MR) is 95.3 cm³/mol. The number of carboxylic acids is 1. The highest BCUT2D eigenvalue weighted by molar-refractivity contribution is 6.40. The predicted octanol–water partition coefficient (Wildman–Crippen LogP) is 5.10. The van der Waals surface area contributed by atoms with Gasteiger partial charge in [-0.15, -0.1) is 0 Å². The lowest BCUT2D eigenvalue weighted by molar-refractivity contribution is 0.0696. The van der Waals surface area contributed by atoms with Crippen molar-refractivity contribution in [2.45, 2.75) is 0 Å². The van der Waals surface area contributed by atoms with Crippen molar-refractivity contribution >= 4 is 51.5 Å². The number of nitrogens with one attached hydrogen (secondary N) is 1. The number of hydrogen-bond donors (Lipinski definition) is 2. The molecule has 0 aliphatic heterocycles. The van der Waals surface area contributed by atoms with Crippen LogP contribution in [0, 0.1) is 0 Å². The van der Waals surface area contributed by atoms with Gasteiger partial charge < -0.3 is 10.4 Å². The first-order valence-corrected chi connectivity index (χ1v) is 7.74. The van der Waals surface area contributed by atoms with Gasteiger partial charge in [-0.05, 0) is 41.8 Å². The topological polar surface area (TPSA) is 66.4 Å². The van der Waals surface area contributed by atoms with Gasteiger partial charge in [-0.3, -0.25) is 4.79 Å². The molecule has 0 saturated heterocycles. The first kappa shape index (κ1) is 16.3. The fraction of sp³-hybridized carbons (Fsp3) is 0. The van der Waals surface area contributed by atoms with Crippen LogP contribution in [-0.4, -0.2) is 17.0 Å². The molecule has 120 valence electrons. The van der Waals surface area contributed by atoms with E-state index in [0.29, 0.717) is 32.1 Å². The molecule has 24 heavy (non-hydrogen) atoms. The number of halogens is 2. The van der Waals surface area contributed by atoms with Crippen LogP contribution in [0.4, 0.5) is 5.69 Å². The Morgan fingerprint density at radius 2 is 1.62 bits per heavy atom. The van der Waals surface area contributed by atoms with Crippen LogP contribution >= 0.6 is 23.2 Å². The Bertz CT molecular complexity index is 955. The van der Waals surface area contributed by atoms with Gasteiger partial charge in [0.25, 0.3) is 5.91 Å². The second kappa shape index (κ2) is 6.51. The Hall–Kier alpha value is -2.56. The number of fused-ring (bicyclic) bond motifs is 1. The summed E-state index contributed by atoms with van der Waals surface area (Å²) in [5.74, 6) is -1.46. The fourth-order valence-electron chi connectivity index (χ4n) is 2.43. The molecule has 2 N–H and O–H groups in total. The number of amides is 1. The highest BCUT2D eigenvalue weighted by Crippen LogP contribution is 2.35. The van der Waals surface area contributed by atoms with Crippen molar-refractivity contribution in [2.24, 2.45) is 0 Å². The highest BCUT2D eigenvalue weighted by atomic mass is 35.5. The Balaban J connectivity index is 2.15. The van der Waals surface area contributed by atoms with E-state index < -0.39 is 5.97 Å². The largest absolute Gasteiger partial charge is 0.478 e. The minimum Gasteiger partial charge on any atom is -0.478 e. The van der Waals surface area contributed by atoms with Crippen LogP contribution in [0.5, 0.6) is 0 Å². The number of rotatable bonds is 3. The number of hydrogen-bond acceptors (Lipinski definition) is 2. The maximum Gasteiger partial charge on any atom is 0.335 e. The molecule has 0 aliphatic carbocycles. The average molecular weight is 360 g/mol. The number of carbonyl (C=O) groups is 2. The number of carboxylic acid groups (broad SMARTS) is 1. The zero-order chi connectivity index (χ0) is 17.3. The van der Waals surface area contributed by atoms with Gasteiger partial charge >= 0.3 is 5.97 Å². The summed E-state index contributed by atoms with van der Waals surface area (Å²) >= 11 is 12.2. The third-order valence-corrected chi connectivity index (χ3v) is 4.01. The Morgan fingerprint density at radius 1 is 0.917 bits per heavy atom. The van der Waals surface area contributed by atoms with Crippen LogP contribution in [0.15, 0.2) is 54.6 Å². The van der Waals surface area contributed by atoms with Crippen LogP contribution in [0.2, 0.25) is 10.0 Å². The second-order valence-electron chi connectivity index (χ2n) is 5.13. The van der Waals surface area contributed by atoms with Crippen molar-refractivity contribution < 1.29 is 14.7 Å². The molecule has 1 amide bonds. The van der Waals surface area contributed by atoms with Gasteiger partial charge in [0.2, 0.25) is 0 Å². The molecule has 0 heterocycles. The quantitative estimate of drug-likeness (QED) is 0.683. The van der Waals surface area contributed by atoms with Crippen molar-refractivity contribution in [1.82, 2.24) is 0 Å². The molecule has 0 unspecified atom stereocenters. The van der Waals surface area contributed by atoms with Crippen LogP contribution in [0.3, 0.4) is 0 Å². The molecular formula is C18H11Cl2NO3. The lowest BCUT2D eigenvalue weighted by Crippen LogP contribution is -2.13. The zero-order valence-corrected chi connectivity index (χ0v) is 13.7. The van der Waals surface area contributed by atoms with Crippen LogP contribution in [0.1, 0.15) is 20.7 Å². The molecular weight excluding hydrogens is 349 g/mol. The number of anilines is 1. The van der Waals surface area contributed by atoms with Crippen molar-refractivity contribution in [3.8, 4) is 0 Å². The molecule has 0 aliphatic rings. The maximum atomic E-state index is 12.4. The lowest BCUT2D eigenvalue weighted by Gasteiger charge is -2.12. The summed E-state index contributed by atoms with van der Waals surface area (Å²) in [6.07, 6.45) is 0. The van der Waals surface area contributed by atoms with Gasteiger partial charge in [0.05, 0.1) is 16.3 Å². The Morgan fingerprint density at radius 3 is 2.29 bits per heavy atom. The summed E-state index contributed by atoms with van der Waals surface area (Å²) in [6.45, 7) is 0. The van der Waals surface area contributed by atoms with Gasteiger partial charge in [0.1, 0.15) is 0 Å². The summed E-state index contributed by atoms with van der Waals surface area (Å²) in [6, 6.07) is 14.6. The van der Waals surface area contributed by atoms with Gasteiger partial charge in [-0.2, -0.15) is 0 Å². The van der Waals surface area contributed by atoms with E-state index in [9.17, 15) is 14.7 Å². The van der Waals surface area contributed by atoms with Gasteiger partial charge in [0.15, 0.2) is 0 Å². The molecule has 0 saturated carbocycles. The molecule has 0 aromatic heterocycles. The Labute approximate surface area is 147 Å². The van der Waals surface area contributed by atoms with E-state index in [0.717, 1.165) is 0 Å². The van der Waals surface area contributed by atoms with E-state index in [1.807, 2.05) is 0 Å². The average Bonchev–Trinajstić information content (AvgIpc) is 2.54. The van der Waals surface area contributed by atoms with E-state index in [2.05, 4.69) is 5.32 Å². The van der Waals surface area contributed by atoms with Crippen LogP contribution in [0.25, 0.3) is 10.8 Å². The van der Waals surface area contributed by atoms with Crippen molar-refractivity contribution in [2.75, 3.05) is 5.32 Å². The molecule has 0 fully saturated rings. The number of aromatic carboxylic acids is 1. The normalized spacial score (nSPS) is 10.6. The number of carbonyl (C=O) groups excluding carboxylic acids is 1. The molecule has 3 aromatic carbocycles. The molecule has 3 aromatic rings. The van der Waals surface area contributed by atoms with Gasteiger partial charge in [0, 0.05) is 16.0 Å².